The van der Waals surface area contributed by atoms with Crippen molar-refractivity contribution in [1.29, 1.82) is 5.26 Å². The molecule has 2 aliphatic rings. The highest BCUT2D eigenvalue weighted by Gasteiger charge is 2.29. The Kier molecular flexibility index (Phi) is 5.46. The second kappa shape index (κ2) is 7.11. The summed E-state index contributed by atoms with van der Waals surface area (Å²) in [7, 11) is 0. The van der Waals surface area contributed by atoms with Crippen LogP contribution in [0.5, 0.6) is 0 Å². The third-order valence-electron chi connectivity index (χ3n) is 4.88. The number of rotatable bonds is 4. The summed E-state index contributed by atoms with van der Waals surface area (Å²) >= 11 is 0. The molecular weight excluding hydrogens is 224 g/mol. The van der Waals surface area contributed by atoms with E-state index in [2.05, 4.69) is 11.4 Å². The maximum atomic E-state index is 9.34. The van der Waals surface area contributed by atoms with Gasteiger partial charge in [-0.15, -0.1) is 0 Å². The molecule has 2 rings (SSSR count). The summed E-state index contributed by atoms with van der Waals surface area (Å²) in [6, 6.07) is 2.87. The molecule has 0 radical (unpaired) electrons. The molecule has 0 aromatic carbocycles. The van der Waals surface area contributed by atoms with E-state index in [-0.39, 0.29) is 5.92 Å². The first-order valence-electron chi connectivity index (χ1n) is 7.59. The molecule has 0 aromatic rings. The van der Waals surface area contributed by atoms with Crippen molar-refractivity contribution in [3.8, 4) is 6.07 Å². The van der Waals surface area contributed by atoms with E-state index in [1.807, 2.05) is 0 Å². The Labute approximate surface area is 111 Å². The van der Waals surface area contributed by atoms with Gasteiger partial charge >= 0.3 is 0 Å². The van der Waals surface area contributed by atoms with E-state index in [1.165, 1.54) is 38.5 Å². The summed E-state index contributed by atoms with van der Waals surface area (Å²) in [5.41, 5.74) is 0. The molecular formula is C15H26N2O. The summed E-state index contributed by atoms with van der Waals surface area (Å²) in [6.07, 6.45) is 9.61. The topological polar surface area (TPSA) is 56.0 Å². The van der Waals surface area contributed by atoms with E-state index in [1.54, 1.807) is 0 Å². The molecule has 0 aliphatic heterocycles. The molecule has 4 unspecified atom stereocenters. The van der Waals surface area contributed by atoms with E-state index < -0.39 is 0 Å². The lowest BCUT2D eigenvalue weighted by molar-refractivity contribution is 0.188. The molecule has 2 aliphatic carbocycles. The minimum Gasteiger partial charge on any atom is -0.396 e. The first-order valence-corrected chi connectivity index (χ1v) is 7.59. The minimum atomic E-state index is 0.196. The molecule has 0 amide bonds. The number of aliphatic hydroxyl groups excluding tert-OH is 1. The predicted octanol–water partition coefficient (Wildman–Crippen LogP) is 2.46. The maximum Gasteiger partial charge on any atom is 0.0672 e. The van der Waals surface area contributed by atoms with Crippen molar-refractivity contribution in [2.75, 3.05) is 13.2 Å². The molecule has 2 saturated carbocycles. The SMILES string of the molecule is N#CC1CCCCCC1NCC1CCCC1CO. The van der Waals surface area contributed by atoms with Gasteiger partial charge in [-0.2, -0.15) is 5.26 Å². The van der Waals surface area contributed by atoms with Crippen molar-refractivity contribution in [3.63, 3.8) is 0 Å². The second-order valence-corrected chi connectivity index (χ2v) is 6.02. The Morgan fingerprint density at radius 2 is 1.78 bits per heavy atom. The fourth-order valence-electron chi connectivity index (χ4n) is 3.63. The van der Waals surface area contributed by atoms with E-state index in [9.17, 15) is 10.4 Å². The Balaban J connectivity index is 1.82. The van der Waals surface area contributed by atoms with Crippen molar-refractivity contribution >= 4 is 0 Å². The molecule has 2 fully saturated rings. The Morgan fingerprint density at radius 1 is 1.00 bits per heavy atom. The van der Waals surface area contributed by atoms with Gasteiger partial charge in [0, 0.05) is 12.6 Å². The van der Waals surface area contributed by atoms with Crippen molar-refractivity contribution < 1.29 is 5.11 Å². The molecule has 3 heteroatoms. The van der Waals surface area contributed by atoms with Crippen molar-refractivity contribution in [2.24, 2.45) is 17.8 Å². The molecule has 4 atom stereocenters. The highest BCUT2D eigenvalue weighted by atomic mass is 16.3. The van der Waals surface area contributed by atoms with Gasteiger partial charge in [-0.1, -0.05) is 25.7 Å². The van der Waals surface area contributed by atoms with Crippen LogP contribution in [-0.2, 0) is 0 Å². The van der Waals surface area contributed by atoms with Gasteiger partial charge in [0.15, 0.2) is 0 Å². The number of nitrogens with zero attached hydrogens (tertiary/aromatic N) is 1. The van der Waals surface area contributed by atoms with E-state index in [0.717, 1.165) is 19.4 Å². The molecule has 0 saturated heterocycles. The maximum absolute atomic E-state index is 9.34. The van der Waals surface area contributed by atoms with Gasteiger partial charge in [0.05, 0.1) is 12.0 Å². The zero-order valence-corrected chi connectivity index (χ0v) is 11.3. The van der Waals surface area contributed by atoms with Crippen LogP contribution in [0.1, 0.15) is 51.4 Å². The zero-order valence-electron chi connectivity index (χ0n) is 11.3. The molecule has 0 aromatic heterocycles. The summed E-state index contributed by atoms with van der Waals surface area (Å²) in [5, 5.41) is 22.2. The number of nitrogens with one attached hydrogen (secondary N) is 1. The summed E-state index contributed by atoms with van der Waals surface area (Å²) < 4.78 is 0. The van der Waals surface area contributed by atoms with Crippen LogP contribution in [0.3, 0.4) is 0 Å². The molecule has 0 heterocycles. The van der Waals surface area contributed by atoms with Gasteiger partial charge in [-0.05, 0) is 44.1 Å². The molecule has 102 valence electrons. The van der Waals surface area contributed by atoms with Gasteiger partial charge in [0.2, 0.25) is 0 Å². The Bertz CT molecular complexity index is 287. The third-order valence-corrected chi connectivity index (χ3v) is 4.88. The Hall–Kier alpha value is -0.590. The number of aliphatic hydroxyl groups is 1. The van der Waals surface area contributed by atoms with Crippen LogP contribution in [0.15, 0.2) is 0 Å². The average Bonchev–Trinajstić information content (AvgIpc) is 2.73. The van der Waals surface area contributed by atoms with E-state index in [4.69, 9.17) is 0 Å². The fraction of sp³-hybridized carbons (Fsp3) is 0.933. The van der Waals surface area contributed by atoms with Gasteiger partial charge in [0.1, 0.15) is 0 Å². The van der Waals surface area contributed by atoms with Crippen LogP contribution in [0.4, 0.5) is 0 Å². The van der Waals surface area contributed by atoms with Crippen molar-refractivity contribution in [1.82, 2.24) is 5.32 Å². The Morgan fingerprint density at radius 3 is 2.56 bits per heavy atom. The van der Waals surface area contributed by atoms with Gasteiger partial charge in [-0.3, -0.25) is 0 Å². The van der Waals surface area contributed by atoms with Crippen LogP contribution in [-0.4, -0.2) is 24.3 Å². The quantitative estimate of drug-likeness (QED) is 0.754. The van der Waals surface area contributed by atoms with Gasteiger partial charge in [0.25, 0.3) is 0 Å². The van der Waals surface area contributed by atoms with E-state index in [0.29, 0.717) is 24.5 Å². The highest BCUT2D eigenvalue weighted by molar-refractivity contribution is 4.94. The van der Waals surface area contributed by atoms with Crippen LogP contribution in [0, 0.1) is 29.1 Å². The molecule has 0 bridgehead atoms. The van der Waals surface area contributed by atoms with Gasteiger partial charge in [-0.25, -0.2) is 0 Å². The molecule has 2 N–H and O–H groups in total. The zero-order chi connectivity index (χ0) is 12.8. The molecule has 3 nitrogen and oxygen atoms in total. The highest BCUT2D eigenvalue weighted by Crippen LogP contribution is 2.31. The minimum absolute atomic E-state index is 0.196. The monoisotopic (exact) mass is 250 g/mol. The van der Waals surface area contributed by atoms with Crippen LogP contribution in [0.2, 0.25) is 0 Å². The summed E-state index contributed by atoms with van der Waals surface area (Å²) in [6.45, 7) is 1.33. The normalized spacial score (nSPS) is 37.1. The van der Waals surface area contributed by atoms with E-state index >= 15 is 0 Å². The molecule has 0 spiro atoms. The largest absolute Gasteiger partial charge is 0.396 e. The van der Waals surface area contributed by atoms with Crippen LogP contribution >= 0.6 is 0 Å². The van der Waals surface area contributed by atoms with Crippen LogP contribution < -0.4 is 5.32 Å². The lowest BCUT2D eigenvalue weighted by Crippen LogP contribution is -2.39. The van der Waals surface area contributed by atoms with Crippen LogP contribution in [0.25, 0.3) is 0 Å². The number of hydrogen-bond donors (Lipinski definition) is 2. The second-order valence-electron chi connectivity index (χ2n) is 6.02. The average molecular weight is 250 g/mol. The molecule has 18 heavy (non-hydrogen) atoms. The predicted molar refractivity (Wildman–Crippen MR) is 71.9 cm³/mol. The number of nitriles is 1. The first kappa shape index (κ1) is 13.8. The summed E-state index contributed by atoms with van der Waals surface area (Å²) in [5.74, 6) is 1.31. The van der Waals surface area contributed by atoms with Crippen molar-refractivity contribution in [3.05, 3.63) is 0 Å². The first-order chi connectivity index (χ1) is 8.85. The summed E-state index contributed by atoms with van der Waals surface area (Å²) in [4.78, 5) is 0. The lowest BCUT2D eigenvalue weighted by atomic mass is 9.93. The smallest absolute Gasteiger partial charge is 0.0672 e. The number of hydrogen-bond acceptors (Lipinski definition) is 3. The fourth-order valence-corrected chi connectivity index (χ4v) is 3.63. The van der Waals surface area contributed by atoms with Gasteiger partial charge < -0.3 is 10.4 Å². The third kappa shape index (κ3) is 3.46. The standard InChI is InChI=1S/C15H26N2O/c16-9-12-5-2-1-3-8-15(12)17-10-13-6-4-7-14(13)11-18/h12-15,17-18H,1-8,10-11H2. The van der Waals surface area contributed by atoms with Crippen molar-refractivity contribution in [2.45, 2.75) is 57.4 Å². The lowest BCUT2D eigenvalue weighted by Gasteiger charge is -2.25.